The maximum Gasteiger partial charge on any atom is 0.261 e. The van der Waals surface area contributed by atoms with E-state index in [9.17, 15) is 8.42 Å². The van der Waals surface area contributed by atoms with E-state index in [4.69, 9.17) is 4.55 Å². The van der Waals surface area contributed by atoms with Crippen LogP contribution in [0.25, 0.3) is 0 Å². The molecule has 0 saturated carbocycles. The number of nitrogens with zero attached hydrogens (tertiary/aromatic N) is 1. The zero-order chi connectivity index (χ0) is 18.3. The Morgan fingerprint density at radius 3 is 1.96 bits per heavy atom. The van der Waals surface area contributed by atoms with Gasteiger partial charge in [0, 0.05) is 18.1 Å². The number of aromatic nitrogens is 1. The first-order chi connectivity index (χ1) is 11.4. The normalized spacial score (nSPS) is 11.0. The van der Waals surface area contributed by atoms with E-state index in [0.717, 1.165) is 6.42 Å². The molecule has 0 atom stereocenters. The summed E-state index contributed by atoms with van der Waals surface area (Å²) in [5, 5.41) is 0. The summed E-state index contributed by atoms with van der Waals surface area (Å²) in [7, 11) is -3.67. The summed E-state index contributed by atoms with van der Waals surface area (Å²) >= 11 is 0. The molecule has 4 nitrogen and oxygen atoms in total. The molecule has 1 rings (SSSR count). The molecule has 0 saturated heterocycles. The number of aryl methyl sites for hydroxylation is 2. The molecule has 0 spiro atoms. The van der Waals surface area contributed by atoms with Gasteiger partial charge in [0.15, 0.2) is 12.4 Å². The highest BCUT2D eigenvalue weighted by atomic mass is 32.2. The van der Waals surface area contributed by atoms with Crippen molar-refractivity contribution in [2.45, 2.75) is 84.6 Å². The summed E-state index contributed by atoms with van der Waals surface area (Å²) in [4.78, 5) is 0. The lowest BCUT2D eigenvalue weighted by Crippen LogP contribution is -2.33. The van der Waals surface area contributed by atoms with Gasteiger partial charge in [-0.15, -0.1) is 0 Å². The Morgan fingerprint density at radius 1 is 0.958 bits per heavy atom. The predicted molar refractivity (Wildman–Crippen MR) is 101 cm³/mol. The van der Waals surface area contributed by atoms with Crippen molar-refractivity contribution in [3.63, 3.8) is 0 Å². The standard InChI is InChI=1S/C18H32N.CH4O3S/c1-3-5-6-7-8-9-10-11-12-15-19-16-13-14-18(4-2)17-19;1-5(2,3)4/h13-14,16-17H,3-12,15H2,1-2H3;1H3,(H,2,3,4)/q+1;. The van der Waals surface area contributed by atoms with Gasteiger partial charge in [0.2, 0.25) is 0 Å². The third kappa shape index (κ3) is 17.4. The Hall–Kier alpha value is -0.940. The molecule has 0 radical (unpaired) electrons. The Labute approximate surface area is 149 Å². The lowest BCUT2D eigenvalue weighted by Gasteiger charge is -2.01. The highest BCUT2D eigenvalue weighted by molar-refractivity contribution is 7.85. The number of unbranched alkanes of at least 4 members (excludes halogenated alkanes) is 8. The third-order valence-electron chi connectivity index (χ3n) is 3.85. The van der Waals surface area contributed by atoms with Crippen LogP contribution in [0.1, 0.15) is 77.2 Å². The van der Waals surface area contributed by atoms with Crippen molar-refractivity contribution in [1.82, 2.24) is 0 Å². The molecule has 1 heterocycles. The Kier molecular flexibility index (Phi) is 13.8. The first kappa shape index (κ1) is 23.1. The highest BCUT2D eigenvalue weighted by Gasteiger charge is 2.01. The minimum absolute atomic E-state index is 0.715. The second-order valence-corrected chi connectivity index (χ2v) is 7.83. The fourth-order valence-electron chi connectivity index (χ4n) is 2.53. The Bertz CT molecular complexity index is 507. The topological polar surface area (TPSA) is 58.2 Å². The van der Waals surface area contributed by atoms with Gasteiger partial charge in [-0.1, -0.05) is 58.8 Å². The Morgan fingerprint density at radius 2 is 1.46 bits per heavy atom. The van der Waals surface area contributed by atoms with Crippen molar-refractivity contribution < 1.29 is 17.5 Å². The molecule has 1 aromatic rings. The van der Waals surface area contributed by atoms with Gasteiger partial charge in [-0.2, -0.15) is 8.42 Å². The highest BCUT2D eigenvalue weighted by Crippen LogP contribution is 2.09. The van der Waals surface area contributed by atoms with Crippen LogP contribution < -0.4 is 4.57 Å². The molecule has 0 fully saturated rings. The van der Waals surface area contributed by atoms with Crippen molar-refractivity contribution in [3.05, 3.63) is 30.1 Å². The average Bonchev–Trinajstić information content (AvgIpc) is 2.52. The maximum atomic E-state index is 9.19. The van der Waals surface area contributed by atoms with Crippen molar-refractivity contribution >= 4 is 10.1 Å². The van der Waals surface area contributed by atoms with Crippen LogP contribution in [0.15, 0.2) is 24.5 Å². The largest absolute Gasteiger partial charge is 0.286 e. The molecule has 0 aromatic carbocycles. The van der Waals surface area contributed by atoms with E-state index >= 15 is 0 Å². The quantitative estimate of drug-likeness (QED) is 0.358. The van der Waals surface area contributed by atoms with E-state index in [-0.39, 0.29) is 0 Å². The third-order valence-corrected chi connectivity index (χ3v) is 3.85. The zero-order valence-corrected chi connectivity index (χ0v) is 16.5. The predicted octanol–water partition coefficient (Wildman–Crippen LogP) is 4.57. The van der Waals surface area contributed by atoms with Crippen LogP contribution in [-0.4, -0.2) is 19.2 Å². The summed E-state index contributed by atoms with van der Waals surface area (Å²) < 4.78 is 28.2. The second kappa shape index (κ2) is 14.4. The summed E-state index contributed by atoms with van der Waals surface area (Å²) in [5.74, 6) is 0. The average molecular weight is 359 g/mol. The molecule has 5 heteroatoms. The molecule has 0 aliphatic heterocycles. The van der Waals surface area contributed by atoms with E-state index in [0.29, 0.717) is 6.26 Å². The van der Waals surface area contributed by atoms with Crippen LogP contribution in [0.2, 0.25) is 0 Å². The van der Waals surface area contributed by atoms with Crippen molar-refractivity contribution in [3.8, 4) is 0 Å². The summed E-state index contributed by atoms with van der Waals surface area (Å²) in [6, 6.07) is 4.39. The van der Waals surface area contributed by atoms with Crippen LogP contribution in [0.5, 0.6) is 0 Å². The summed E-state index contributed by atoms with van der Waals surface area (Å²) in [5.41, 5.74) is 1.44. The second-order valence-electron chi connectivity index (χ2n) is 6.37. The fourth-order valence-corrected chi connectivity index (χ4v) is 2.53. The zero-order valence-electron chi connectivity index (χ0n) is 15.7. The van der Waals surface area contributed by atoms with Crippen LogP contribution in [0.4, 0.5) is 0 Å². The first-order valence-corrected chi connectivity index (χ1v) is 11.1. The Balaban J connectivity index is 0.000000922. The van der Waals surface area contributed by atoms with Crippen LogP contribution in [0.3, 0.4) is 0 Å². The summed E-state index contributed by atoms with van der Waals surface area (Å²) in [6.07, 6.45) is 19.0. The van der Waals surface area contributed by atoms with Gasteiger partial charge in [0.05, 0.1) is 6.26 Å². The van der Waals surface area contributed by atoms with Crippen LogP contribution >= 0.6 is 0 Å². The molecular formula is C19H36NO3S+. The minimum Gasteiger partial charge on any atom is -0.286 e. The van der Waals surface area contributed by atoms with Crippen molar-refractivity contribution in [2.24, 2.45) is 0 Å². The van der Waals surface area contributed by atoms with E-state index in [1.54, 1.807) is 0 Å². The lowest BCUT2D eigenvalue weighted by molar-refractivity contribution is -0.697. The molecule has 0 unspecified atom stereocenters. The van der Waals surface area contributed by atoms with Crippen LogP contribution in [0, 0.1) is 0 Å². The van der Waals surface area contributed by atoms with Gasteiger partial charge in [0.1, 0.15) is 6.54 Å². The minimum atomic E-state index is -3.67. The van der Waals surface area contributed by atoms with Gasteiger partial charge >= 0.3 is 0 Å². The van der Waals surface area contributed by atoms with Crippen molar-refractivity contribution in [2.75, 3.05) is 6.26 Å². The lowest BCUT2D eigenvalue weighted by atomic mass is 10.1. The molecule has 24 heavy (non-hydrogen) atoms. The van der Waals surface area contributed by atoms with E-state index < -0.39 is 10.1 Å². The number of pyridine rings is 1. The fraction of sp³-hybridized carbons (Fsp3) is 0.737. The molecule has 0 amide bonds. The number of hydrogen-bond acceptors (Lipinski definition) is 2. The van der Waals surface area contributed by atoms with Gasteiger partial charge in [-0.25, -0.2) is 4.57 Å². The smallest absolute Gasteiger partial charge is 0.261 e. The van der Waals surface area contributed by atoms with Crippen LogP contribution in [-0.2, 0) is 23.1 Å². The summed E-state index contributed by atoms with van der Waals surface area (Å²) in [6.45, 7) is 5.69. The van der Waals surface area contributed by atoms with Gasteiger partial charge < -0.3 is 0 Å². The number of hydrogen-bond donors (Lipinski definition) is 1. The molecule has 0 aliphatic carbocycles. The van der Waals surface area contributed by atoms with Gasteiger partial charge in [-0.05, 0) is 18.9 Å². The molecule has 1 aromatic heterocycles. The monoisotopic (exact) mass is 358 g/mol. The van der Waals surface area contributed by atoms with Gasteiger partial charge in [-0.3, -0.25) is 4.55 Å². The van der Waals surface area contributed by atoms with E-state index in [2.05, 4.69) is 42.9 Å². The molecule has 140 valence electrons. The molecular weight excluding hydrogens is 322 g/mol. The molecule has 0 bridgehead atoms. The molecule has 0 aliphatic rings. The van der Waals surface area contributed by atoms with E-state index in [1.165, 1.54) is 69.9 Å². The maximum absolute atomic E-state index is 9.19. The molecule has 1 N–H and O–H groups in total. The van der Waals surface area contributed by atoms with E-state index in [1.807, 2.05) is 0 Å². The van der Waals surface area contributed by atoms with Gasteiger partial charge in [0.25, 0.3) is 10.1 Å². The SMILES string of the molecule is CCCCCCCCCCC[n+]1cccc(CC)c1.CS(=O)(=O)O. The first-order valence-electron chi connectivity index (χ1n) is 9.27. The number of rotatable bonds is 11. The van der Waals surface area contributed by atoms with Crippen molar-refractivity contribution in [1.29, 1.82) is 0 Å².